The van der Waals surface area contributed by atoms with E-state index < -0.39 is 6.04 Å². The third-order valence-corrected chi connectivity index (χ3v) is 6.94. The molecule has 1 aliphatic heterocycles. The van der Waals surface area contributed by atoms with E-state index in [1.165, 1.54) is 5.56 Å². The zero-order valence-corrected chi connectivity index (χ0v) is 20.7. The van der Waals surface area contributed by atoms with Crippen molar-refractivity contribution in [1.29, 1.82) is 0 Å². The molecule has 1 aromatic heterocycles. The number of urea groups is 1. The van der Waals surface area contributed by atoms with Gasteiger partial charge in [0.25, 0.3) is 5.89 Å². The van der Waals surface area contributed by atoms with Gasteiger partial charge in [-0.2, -0.15) is 4.98 Å². The second-order valence-corrected chi connectivity index (χ2v) is 9.40. The van der Waals surface area contributed by atoms with Gasteiger partial charge in [0.05, 0.1) is 18.2 Å². The summed E-state index contributed by atoms with van der Waals surface area (Å²) in [5, 5.41) is 7.41. The number of nitrogens with zero attached hydrogens (tertiary/aromatic N) is 3. The highest BCUT2D eigenvalue weighted by Gasteiger charge is 2.35. The van der Waals surface area contributed by atoms with Crippen molar-refractivity contribution in [3.05, 3.63) is 107 Å². The van der Waals surface area contributed by atoms with E-state index in [1.54, 1.807) is 16.7 Å². The fraction of sp³-hybridized carbons (Fsp3) is 0.179. The van der Waals surface area contributed by atoms with Gasteiger partial charge in [-0.15, -0.1) is 11.8 Å². The molecule has 1 aliphatic rings. The summed E-state index contributed by atoms with van der Waals surface area (Å²) in [6.45, 7) is 4.44. The van der Waals surface area contributed by atoms with E-state index in [0.717, 1.165) is 32.9 Å². The van der Waals surface area contributed by atoms with Gasteiger partial charge in [-0.1, -0.05) is 77.5 Å². The molecule has 2 amide bonds. The summed E-state index contributed by atoms with van der Waals surface area (Å²) in [5.74, 6) is 0.911. The van der Waals surface area contributed by atoms with Crippen molar-refractivity contribution in [2.45, 2.75) is 31.3 Å². The van der Waals surface area contributed by atoms with Crippen LogP contribution in [0, 0.1) is 6.92 Å². The standard InChI is InChI=1S/C28H26N4O2S/c1-18-9-11-20(12-10-18)17-32-19(2)24(27-30-26(31-34-27)22-7-5-4-6-8-22)25(29-28(32)33)21-13-15-23(35-3)16-14-21/h4-16,25H,17H2,1-3H3,(H,29,33). The van der Waals surface area contributed by atoms with Crippen molar-refractivity contribution < 1.29 is 9.32 Å². The van der Waals surface area contributed by atoms with Crippen LogP contribution >= 0.6 is 11.8 Å². The summed E-state index contributed by atoms with van der Waals surface area (Å²) >= 11 is 1.68. The molecule has 2 heterocycles. The Morgan fingerprint density at radius 3 is 2.37 bits per heavy atom. The van der Waals surface area contributed by atoms with Crippen LogP contribution in [-0.4, -0.2) is 27.3 Å². The number of benzene rings is 3. The monoisotopic (exact) mass is 482 g/mol. The van der Waals surface area contributed by atoms with Crippen molar-refractivity contribution in [2.75, 3.05) is 6.26 Å². The van der Waals surface area contributed by atoms with Crippen LogP contribution in [-0.2, 0) is 6.54 Å². The number of hydrogen-bond donors (Lipinski definition) is 1. The van der Waals surface area contributed by atoms with Crippen LogP contribution < -0.4 is 5.32 Å². The fourth-order valence-corrected chi connectivity index (χ4v) is 4.62. The summed E-state index contributed by atoms with van der Waals surface area (Å²) in [7, 11) is 0. The number of allylic oxidation sites excluding steroid dienone is 1. The van der Waals surface area contributed by atoms with Crippen LogP contribution in [0.3, 0.4) is 0 Å². The van der Waals surface area contributed by atoms with E-state index in [4.69, 9.17) is 9.51 Å². The summed E-state index contributed by atoms with van der Waals surface area (Å²) in [5.41, 5.74) is 5.64. The highest BCUT2D eigenvalue weighted by molar-refractivity contribution is 7.98. The van der Waals surface area contributed by atoms with Crippen LogP contribution in [0.25, 0.3) is 17.0 Å². The molecule has 1 atom stereocenters. The van der Waals surface area contributed by atoms with Gasteiger partial charge in [-0.25, -0.2) is 4.79 Å². The molecule has 1 unspecified atom stereocenters. The molecule has 3 aromatic carbocycles. The minimum absolute atomic E-state index is 0.159. The first-order valence-corrected chi connectivity index (χ1v) is 12.6. The predicted molar refractivity (Wildman–Crippen MR) is 139 cm³/mol. The average Bonchev–Trinajstić information content (AvgIpc) is 3.38. The van der Waals surface area contributed by atoms with E-state index in [-0.39, 0.29) is 6.03 Å². The van der Waals surface area contributed by atoms with Gasteiger partial charge in [0.1, 0.15) is 0 Å². The number of nitrogens with one attached hydrogen (secondary N) is 1. The molecule has 0 aliphatic carbocycles. The molecule has 35 heavy (non-hydrogen) atoms. The number of thioether (sulfide) groups is 1. The molecule has 4 aromatic rings. The van der Waals surface area contributed by atoms with Crippen LogP contribution in [0.5, 0.6) is 0 Å². The Kier molecular flexibility index (Phi) is 6.42. The van der Waals surface area contributed by atoms with Crippen molar-refractivity contribution in [2.24, 2.45) is 0 Å². The Morgan fingerprint density at radius 2 is 1.69 bits per heavy atom. The molecule has 5 rings (SSSR count). The minimum atomic E-state index is -0.406. The summed E-state index contributed by atoms with van der Waals surface area (Å²) in [6, 6.07) is 25.5. The first-order valence-electron chi connectivity index (χ1n) is 11.4. The largest absolute Gasteiger partial charge is 0.334 e. The Hall–Kier alpha value is -3.84. The zero-order valence-electron chi connectivity index (χ0n) is 19.9. The van der Waals surface area contributed by atoms with Gasteiger partial charge in [0, 0.05) is 16.2 Å². The smallest absolute Gasteiger partial charge is 0.322 e. The van der Waals surface area contributed by atoms with Crippen molar-refractivity contribution >= 4 is 23.4 Å². The van der Waals surface area contributed by atoms with E-state index in [2.05, 4.69) is 34.7 Å². The topological polar surface area (TPSA) is 71.3 Å². The molecule has 176 valence electrons. The lowest BCUT2D eigenvalue weighted by molar-refractivity contribution is 0.203. The molecule has 0 fully saturated rings. The molecule has 0 saturated heterocycles. The van der Waals surface area contributed by atoms with E-state index >= 15 is 0 Å². The minimum Gasteiger partial charge on any atom is -0.334 e. The normalized spacial score (nSPS) is 15.9. The molecule has 0 radical (unpaired) electrons. The molecule has 0 saturated carbocycles. The molecule has 6 nitrogen and oxygen atoms in total. The Balaban J connectivity index is 1.58. The maximum atomic E-state index is 13.3. The maximum Gasteiger partial charge on any atom is 0.322 e. The summed E-state index contributed by atoms with van der Waals surface area (Å²) < 4.78 is 5.77. The molecule has 0 spiro atoms. The van der Waals surface area contributed by atoms with Crippen molar-refractivity contribution in [3.8, 4) is 11.4 Å². The molecule has 0 bridgehead atoms. The fourth-order valence-electron chi connectivity index (χ4n) is 4.21. The van der Waals surface area contributed by atoms with Gasteiger partial charge in [-0.05, 0) is 43.4 Å². The first kappa shape index (κ1) is 22.9. The molecular formula is C28H26N4O2S. The Labute approximate surface area is 209 Å². The lowest BCUT2D eigenvalue weighted by atomic mass is 9.94. The van der Waals surface area contributed by atoms with Crippen LogP contribution in [0.4, 0.5) is 4.79 Å². The lowest BCUT2D eigenvalue weighted by Gasteiger charge is -2.35. The molecular weight excluding hydrogens is 456 g/mol. The Morgan fingerprint density at radius 1 is 0.971 bits per heavy atom. The Bertz CT molecular complexity index is 1360. The average molecular weight is 483 g/mol. The number of hydrogen-bond acceptors (Lipinski definition) is 5. The maximum absolute atomic E-state index is 13.3. The first-order chi connectivity index (χ1) is 17.0. The quantitative estimate of drug-likeness (QED) is 0.319. The van der Waals surface area contributed by atoms with E-state index in [9.17, 15) is 4.79 Å². The summed E-state index contributed by atoms with van der Waals surface area (Å²) in [4.78, 5) is 20.9. The third-order valence-electron chi connectivity index (χ3n) is 6.20. The van der Waals surface area contributed by atoms with Gasteiger partial charge >= 0.3 is 6.03 Å². The highest BCUT2D eigenvalue weighted by atomic mass is 32.2. The number of rotatable bonds is 6. The number of carbonyl (C=O) groups excluding carboxylic acids is 1. The molecule has 7 heteroatoms. The van der Waals surface area contributed by atoms with Gasteiger partial charge < -0.3 is 9.84 Å². The van der Waals surface area contributed by atoms with Crippen molar-refractivity contribution in [3.63, 3.8) is 0 Å². The SMILES string of the molecule is CSc1ccc(C2NC(=O)N(Cc3ccc(C)cc3)C(C)=C2c2nc(-c3ccccc3)no2)cc1. The van der Waals surface area contributed by atoms with Crippen LogP contribution in [0.15, 0.2) is 94.0 Å². The van der Waals surface area contributed by atoms with Crippen LogP contribution in [0.1, 0.15) is 35.5 Å². The zero-order chi connectivity index (χ0) is 24.4. The number of aromatic nitrogens is 2. The number of aryl methyl sites for hydroxylation is 1. The molecule has 1 N–H and O–H groups in total. The van der Waals surface area contributed by atoms with Crippen LogP contribution in [0.2, 0.25) is 0 Å². The van der Waals surface area contributed by atoms with Gasteiger partial charge in [-0.3, -0.25) is 4.90 Å². The predicted octanol–water partition coefficient (Wildman–Crippen LogP) is 6.46. The summed E-state index contributed by atoms with van der Waals surface area (Å²) in [6.07, 6.45) is 2.04. The third kappa shape index (κ3) is 4.72. The number of carbonyl (C=O) groups is 1. The van der Waals surface area contributed by atoms with E-state index in [1.807, 2.05) is 74.7 Å². The van der Waals surface area contributed by atoms with Gasteiger partial charge in [0.2, 0.25) is 5.82 Å². The van der Waals surface area contributed by atoms with Crippen molar-refractivity contribution in [1.82, 2.24) is 20.4 Å². The number of amides is 2. The lowest BCUT2D eigenvalue weighted by Crippen LogP contribution is -2.45. The van der Waals surface area contributed by atoms with E-state index in [0.29, 0.717) is 18.3 Å². The van der Waals surface area contributed by atoms with Gasteiger partial charge in [0.15, 0.2) is 0 Å². The second kappa shape index (κ2) is 9.80. The second-order valence-electron chi connectivity index (χ2n) is 8.52. The highest BCUT2D eigenvalue weighted by Crippen LogP contribution is 2.38.